The van der Waals surface area contributed by atoms with Gasteiger partial charge in [-0.25, -0.2) is 8.42 Å². The Kier molecular flexibility index (Phi) is 8.78. The number of ether oxygens (including phenoxy) is 4. The van der Waals surface area contributed by atoms with Crippen LogP contribution in [0.1, 0.15) is 18.1 Å². The van der Waals surface area contributed by atoms with Gasteiger partial charge >= 0.3 is 0 Å². The van der Waals surface area contributed by atoms with Crippen LogP contribution in [0.25, 0.3) is 6.08 Å². The van der Waals surface area contributed by atoms with Gasteiger partial charge in [0.05, 0.1) is 45.4 Å². The summed E-state index contributed by atoms with van der Waals surface area (Å²) < 4.78 is 46.9. The zero-order valence-electron chi connectivity index (χ0n) is 19.0. The Bertz CT molecular complexity index is 1090. The number of nitrogens with one attached hydrogen (secondary N) is 1. The summed E-state index contributed by atoms with van der Waals surface area (Å²) in [5.74, 6) is 1.83. The van der Waals surface area contributed by atoms with Crippen LogP contribution >= 0.6 is 0 Å². The van der Waals surface area contributed by atoms with Crippen LogP contribution in [0.15, 0.2) is 60.2 Å². The third-order valence-corrected chi connectivity index (χ3v) is 5.72. The lowest BCUT2D eigenvalue weighted by Gasteiger charge is -2.12. The van der Waals surface area contributed by atoms with E-state index in [0.29, 0.717) is 39.8 Å². The molecule has 0 aliphatic heterocycles. The quantitative estimate of drug-likeness (QED) is 0.483. The molecule has 0 bridgehead atoms. The summed E-state index contributed by atoms with van der Waals surface area (Å²) in [4.78, 5) is 0. The number of hydrogen-bond donors (Lipinski definition) is 1. The van der Waals surface area contributed by atoms with Crippen molar-refractivity contribution in [3.8, 4) is 23.0 Å². The summed E-state index contributed by atoms with van der Waals surface area (Å²) in [5, 5.41) is 4.25. The minimum Gasteiger partial charge on any atom is -0.496 e. The molecular formula is C24H29NO6S. The van der Waals surface area contributed by atoms with Gasteiger partial charge in [-0.3, -0.25) is 0 Å². The molecule has 0 heterocycles. The molecule has 0 fully saturated rings. The van der Waals surface area contributed by atoms with Crippen LogP contribution in [-0.2, 0) is 15.6 Å². The third kappa shape index (κ3) is 6.81. The maximum absolute atomic E-state index is 12.8. The second kappa shape index (κ2) is 11.3. The molecule has 2 aromatic carbocycles. The molecule has 8 heteroatoms. The fraction of sp³-hybridized carbons (Fsp3) is 0.250. The van der Waals surface area contributed by atoms with Gasteiger partial charge in [-0.1, -0.05) is 18.2 Å². The molecule has 2 rings (SSSR count). The number of hydrogen-bond acceptors (Lipinski definition) is 7. The Hall–Kier alpha value is -3.39. The van der Waals surface area contributed by atoms with Gasteiger partial charge in [0.1, 0.15) is 23.0 Å². The van der Waals surface area contributed by atoms with E-state index < -0.39 is 9.84 Å². The maximum atomic E-state index is 12.8. The third-order valence-electron chi connectivity index (χ3n) is 4.43. The molecule has 0 aliphatic rings. The Morgan fingerprint density at radius 2 is 1.59 bits per heavy atom. The lowest BCUT2D eigenvalue weighted by atomic mass is 10.1. The van der Waals surface area contributed by atoms with E-state index in [1.807, 2.05) is 6.92 Å². The summed E-state index contributed by atoms with van der Waals surface area (Å²) in [5.41, 5.74) is 2.64. The van der Waals surface area contributed by atoms with Gasteiger partial charge in [0.25, 0.3) is 0 Å². The highest BCUT2D eigenvalue weighted by Gasteiger charge is 2.14. The second-order valence-corrected chi connectivity index (χ2v) is 8.80. The van der Waals surface area contributed by atoms with E-state index in [9.17, 15) is 8.42 Å². The average Bonchev–Trinajstić information content (AvgIpc) is 2.76. The van der Waals surface area contributed by atoms with E-state index in [1.165, 1.54) is 27.4 Å². The molecule has 0 amide bonds. The largest absolute Gasteiger partial charge is 0.496 e. The predicted octanol–water partition coefficient (Wildman–Crippen LogP) is 4.81. The van der Waals surface area contributed by atoms with E-state index >= 15 is 0 Å². The SMILES string of the molecule is C=C(C)/C=C\Nc1cc(CS(=O)(=O)/C=C/c2c(OC)cc(OC)cc2OC)ccc1OC. The van der Waals surface area contributed by atoms with Crippen molar-refractivity contribution in [2.75, 3.05) is 33.8 Å². The van der Waals surface area contributed by atoms with Crippen LogP contribution in [0.4, 0.5) is 5.69 Å². The summed E-state index contributed by atoms with van der Waals surface area (Å²) in [6, 6.07) is 8.50. The van der Waals surface area contributed by atoms with Crippen LogP contribution in [-0.4, -0.2) is 36.9 Å². The number of rotatable bonds is 11. The first kappa shape index (κ1) is 24.9. The van der Waals surface area contributed by atoms with E-state index in [2.05, 4.69) is 11.9 Å². The predicted molar refractivity (Wildman–Crippen MR) is 128 cm³/mol. The molecule has 0 saturated heterocycles. The van der Waals surface area contributed by atoms with Gasteiger partial charge in [0, 0.05) is 23.7 Å². The Balaban J connectivity index is 2.31. The van der Waals surface area contributed by atoms with Crippen molar-refractivity contribution in [2.45, 2.75) is 12.7 Å². The van der Waals surface area contributed by atoms with Crippen LogP contribution in [0.5, 0.6) is 23.0 Å². The molecule has 1 N–H and O–H groups in total. The summed E-state index contributed by atoms with van der Waals surface area (Å²) in [6.45, 7) is 5.68. The van der Waals surface area contributed by atoms with Crippen molar-refractivity contribution in [1.82, 2.24) is 0 Å². The Morgan fingerprint density at radius 1 is 0.969 bits per heavy atom. The van der Waals surface area contributed by atoms with E-state index in [4.69, 9.17) is 18.9 Å². The van der Waals surface area contributed by atoms with Crippen molar-refractivity contribution >= 4 is 21.6 Å². The number of methoxy groups -OCH3 is 4. The monoisotopic (exact) mass is 459 g/mol. The molecule has 0 aromatic heterocycles. The van der Waals surface area contributed by atoms with Crippen molar-refractivity contribution < 1.29 is 27.4 Å². The number of sulfone groups is 1. The maximum Gasteiger partial charge on any atom is 0.175 e. The second-order valence-electron chi connectivity index (χ2n) is 6.91. The fourth-order valence-electron chi connectivity index (χ4n) is 2.88. The first-order chi connectivity index (χ1) is 15.2. The Morgan fingerprint density at radius 3 is 2.12 bits per heavy atom. The summed E-state index contributed by atoms with van der Waals surface area (Å²) in [6.07, 6.45) is 4.99. The highest BCUT2D eigenvalue weighted by Crippen LogP contribution is 2.35. The number of benzene rings is 2. The topological polar surface area (TPSA) is 83.1 Å². The minimum atomic E-state index is -3.59. The number of anilines is 1. The molecule has 0 unspecified atom stereocenters. The first-order valence-electron chi connectivity index (χ1n) is 9.69. The molecule has 0 spiro atoms. The highest BCUT2D eigenvalue weighted by atomic mass is 32.2. The van der Waals surface area contributed by atoms with Crippen molar-refractivity contribution in [3.63, 3.8) is 0 Å². The highest BCUT2D eigenvalue weighted by molar-refractivity contribution is 7.93. The van der Waals surface area contributed by atoms with E-state index in [-0.39, 0.29) is 5.75 Å². The average molecular weight is 460 g/mol. The lowest BCUT2D eigenvalue weighted by molar-refractivity contribution is 0.374. The molecule has 32 heavy (non-hydrogen) atoms. The zero-order valence-corrected chi connectivity index (χ0v) is 19.8. The summed E-state index contributed by atoms with van der Waals surface area (Å²) in [7, 11) is 2.48. The molecule has 7 nitrogen and oxygen atoms in total. The van der Waals surface area contributed by atoms with Gasteiger partial charge in [-0.2, -0.15) is 0 Å². The van der Waals surface area contributed by atoms with Crippen LogP contribution in [0, 0.1) is 0 Å². The zero-order chi connectivity index (χ0) is 23.7. The molecular weight excluding hydrogens is 430 g/mol. The lowest BCUT2D eigenvalue weighted by Crippen LogP contribution is -2.02. The summed E-state index contributed by atoms with van der Waals surface area (Å²) >= 11 is 0. The van der Waals surface area contributed by atoms with E-state index in [0.717, 1.165) is 11.0 Å². The molecule has 0 atom stereocenters. The van der Waals surface area contributed by atoms with Crippen LogP contribution in [0.3, 0.4) is 0 Å². The van der Waals surface area contributed by atoms with Crippen molar-refractivity contribution in [1.29, 1.82) is 0 Å². The van der Waals surface area contributed by atoms with Crippen molar-refractivity contribution in [3.05, 3.63) is 71.3 Å². The molecule has 0 saturated carbocycles. The molecule has 0 aliphatic carbocycles. The van der Waals surface area contributed by atoms with E-state index in [1.54, 1.807) is 49.7 Å². The van der Waals surface area contributed by atoms with Gasteiger partial charge in [0.15, 0.2) is 9.84 Å². The smallest absolute Gasteiger partial charge is 0.175 e. The van der Waals surface area contributed by atoms with Gasteiger partial charge < -0.3 is 24.3 Å². The fourth-order valence-corrected chi connectivity index (χ4v) is 3.96. The number of allylic oxidation sites excluding steroid dienone is 2. The van der Waals surface area contributed by atoms with Gasteiger partial charge in [-0.15, -0.1) is 0 Å². The normalized spacial score (nSPS) is 11.5. The minimum absolute atomic E-state index is 0.187. The van der Waals surface area contributed by atoms with Crippen LogP contribution < -0.4 is 24.3 Å². The first-order valence-corrected chi connectivity index (χ1v) is 11.4. The standard InChI is InChI=1S/C24H29NO6S/c1-17(2)9-11-25-21-13-18(7-8-22(21)29-4)16-32(26,27)12-10-20-23(30-5)14-19(28-3)15-24(20)31-6/h7-15,25H,1,16H2,2-6H3/b11-9-,12-10+. The molecule has 172 valence electrons. The van der Waals surface area contributed by atoms with Gasteiger partial charge in [-0.05, 0) is 36.8 Å². The molecule has 0 radical (unpaired) electrons. The van der Waals surface area contributed by atoms with Crippen molar-refractivity contribution in [2.24, 2.45) is 0 Å². The van der Waals surface area contributed by atoms with Crippen LogP contribution in [0.2, 0.25) is 0 Å². The Labute approximate surface area is 189 Å². The van der Waals surface area contributed by atoms with Gasteiger partial charge in [0.2, 0.25) is 0 Å². The molecule has 2 aromatic rings.